The molecule has 8 nitrogen and oxygen atoms in total. The fourth-order valence-electron chi connectivity index (χ4n) is 3.55. The molecule has 1 amide bonds. The highest BCUT2D eigenvalue weighted by atomic mass is 32.1. The minimum atomic E-state index is -4.89. The second-order valence-corrected chi connectivity index (χ2v) is 8.95. The van der Waals surface area contributed by atoms with Crippen molar-refractivity contribution in [2.45, 2.75) is 6.18 Å². The Morgan fingerprint density at radius 2 is 1.68 bits per heavy atom. The first-order chi connectivity index (χ1) is 17.5. The van der Waals surface area contributed by atoms with Gasteiger partial charge in [-0.1, -0.05) is 30.3 Å². The smallest absolute Gasteiger partial charge is 0.434 e. The van der Waals surface area contributed by atoms with Crippen LogP contribution in [0.15, 0.2) is 71.0 Å². The van der Waals surface area contributed by atoms with Crippen molar-refractivity contribution in [3.63, 3.8) is 0 Å². The highest BCUT2D eigenvalue weighted by Gasteiger charge is 2.39. The van der Waals surface area contributed by atoms with Gasteiger partial charge in [-0.3, -0.25) is 4.79 Å². The third kappa shape index (κ3) is 4.96. The van der Waals surface area contributed by atoms with Crippen molar-refractivity contribution in [3.8, 4) is 23.2 Å². The molecule has 0 bridgehead atoms. The summed E-state index contributed by atoms with van der Waals surface area (Å²) < 4.78 is 42.9. The number of aliphatic imine (C=N–C) groups is 1. The van der Waals surface area contributed by atoms with Gasteiger partial charge >= 0.3 is 6.18 Å². The van der Waals surface area contributed by atoms with E-state index in [2.05, 4.69) is 10.3 Å². The maximum atomic E-state index is 14.0. The summed E-state index contributed by atoms with van der Waals surface area (Å²) in [6, 6.07) is 14.8. The molecule has 4 N–H and O–H groups in total. The quantitative estimate of drug-likeness (QED) is 0.187. The Morgan fingerprint density at radius 3 is 2.27 bits per heavy atom. The number of thiophene rings is 1. The number of para-hydroxylation sites is 2. The minimum absolute atomic E-state index is 0.0826. The molecule has 0 aliphatic heterocycles. The van der Waals surface area contributed by atoms with E-state index in [4.69, 9.17) is 0 Å². The highest BCUT2D eigenvalue weighted by Crippen LogP contribution is 2.50. The fourth-order valence-corrected chi connectivity index (χ4v) is 4.29. The number of phenolic OH excluding ortho intramolecular Hbond substituents is 1. The fraction of sp³-hybridized carbons (Fsp3) is 0.120. The van der Waals surface area contributed by atoms with E-state index in [-0.39, 0.29) is 21.8 Å². The number of nitrogens with one attached hydrogen (secondary N) is 1. The standard InChI is InChI=1S/C25H21F3N4O4S/c1-31(2)22(34)15-10-6-11-16(20(15)33)29-18-19(30-21(25(26,27)28)17-12-7-13-37-17)24(36)32(23(18)35)14-8-4-3-5-9-14/h3-13,29,33,35-36H,1-2H3. The molecule has 12 heteroatoms. The van der Waals surface area contributed by atoms with E-state index in [1.165, 1.54) is 66.8 Å². The average Bonchev–Trinajstić information content (AvgIpc) is 3.45. The lowest BCUT2D eigenvalue weighted by atomic mass is 10.1. The van der Waals surface area contributed by atoms with Crippen molar-refractivity contribution in [1.29, 1.82) is 0 Å². The molecule has 0 aliphatic carbocycles. The monoisotopic (exact) mass is 530 g/mol. The molecule has 0 radical (unpaired) electrons. The molecular formula is C25H21F3N4O4S. The van der Waals surface area contributed by atoms with Crippen LogP contribution in [0, 0.1) is 0 Å². The van der Waals surface area contributed by atoms with E-state index in [0.717, 1.165) is 15.9 Å². The van der Waals surface area contributed by atoms with Crippen LogP contribution in [0.4, 0.5) is 30.2 Å². The number of aromatic hydroxyl groups is 3. The Bertz CT molecular complexity index is 1460. The molecule has 0 fully saturated rings. The van der Waals surface area contributed by atoms with Gasteiger partial charge in [-0.2, -0.15) is 13.2 Å². The SMILES string of the molecule is CN(C)C(=O)c1cccc(Nc2c(N=C(c3cccs3)C(F)(F)F)c(O)n(-c3ccccc3)c2O)c1O. The molecule has 0 saturated carbocycles. The number of aromatic nitrogens is 1. The van der Waals surface area contributed by atoms with Crippen LogP contribution < -0.4 is 5.32 Å². The number of hydrogen-bond acceptors (Lipinski definition) is 7. The number of carbonyl (C=O) groups excluding carboxylic acids is 1. The van der Waals surface area contributed by atoms with Crippen LogP contribution in [0.3, 0.4) is 0 Å². The first-order valence-corrected chi connectivity index (χ1v) is 11.6. The number of amides is 1. The summed E-state index contributed by atoms with van der Waals surface area (Å²) in [6.07, 6.45) is -4.89. The third-order valence-corrected chi connectivity index (χ3v) is 6.17. The molecule has 37 heavy (non-hydrogen) atoms. The molecule has 0 aliphatic rings. The number of phenols is 1. The molecule has 2 aromatic carbocycles. The van der Waals surface area contributed by atoms with Crippen molar-refractivity contribution in [3.05, 3.63) is 76.5 Å². The molecule has 0 spiro atoms. The highest BCUT2D eigenvalue weighted by molar-refractivity contribution is 7.12. The maximum Gasteiger partial charge on any atom is 0.434 e. The Labute approximate surface area is 213 Å². The van der Waals surface area contributed by atoms with Crippen LogP contribution in [0.25, 0.3) is 5.69 Å². The van der Waals surface area contributed by atoms with Crippen LogP contribution in [-0.4, -0.2) is 56.7 Å². The first kappa shape index (κ1) is 25.6. The van der Waals surface area contributed by atoms with Gasteiger partial charge in [0.1, 0.15) is 5.69 Å². The minimum Gasteiger partial charge on any atom is -0.505 e. The van der Waals surface area contributed by atoms with Crippen molar-refractivity contribution < 1.29 is 33.3 Å². The number of anilines is 2. The Hall–Kier alpha value is -4.45. The Balaban J connectivity index is 1.95. The van der Waals surface area contributed by atoms with Crippen LogP contribution in [-0.2, 0) is 0 Å². The summed E-state index contributed by atoms with van der Waals surface area (Å²) in [6.45, 7) is 0. The number of rotatable bonds is 6. The lowest BCUT2D eigenvalue weighted by molar-refractivity contribution is -0.0578. The van der Waals surface area contributed by atoms with Gasteiger partial charge in [0.2, 0.25) is 11.8 Å². The zero-order valence-corrected chi connectivity index (χ0v) is 20.3. The van der Waals surface area contributed by atoms with E-state index in [9.17, 15) is 33.3 Å². The molecule has 4 rings (SSSR count). The molecular weight excluding hydrogens is 509 g/mol. The van der Waals surface area contributed by atoms with Gasteiger partial charge in [0.05, 0.1) is 21.8 Å². The predicted molar refractivity (Wildman–Crippen MR) is 135 cm³/mol. The molecule has 2 aromatic heterocycles. The summed E-state index contributed by atoms with van der Waals surface area (Å²) in [5.74, 6) is -2.47. The number of alkyl halides is 3. The summed E-state index contributed by atoms with van der Waals surface area (Å²) in [5, 5.41) is 36.9. The van der Waals surface area contributed by atoms with E-state index in [1.54, 1.807) is 18.2 Å². The second kappa shape index (κ2) is 9.90. The largest absolute Gasteiger partial charge is 0.505 e. The van der Waals surface area contributed by atoms with Crippen LogP contribution in [0.2, 0.25) is 0 Å². The first-order valence-electron chi connectivity index (χ1n) is 10.7. The van der Waals surface area contributed by atoms with Crippen molar-refractivity contribution >= 4 is 40.0 Å². The topological polar surface area (TPSA) is 110 Å². The van der Waals surface area contributed by atoms with Gasteiger partial charge in [-0.25, -0.2) is 9.56 Å². The van der Waals surface area contributed by atoms with Crippen LogP contribution >= 0.6 is 11.3 Å². The normalized spacial score (nSPS) is 12.0. The van der Waals surface area contributed by atoms with Gasteiger partial charge in [-0.05, 0) is 35.7 Å². The van der Waals surface area contributed by atoms with Gasteiger partial charge in [-0.15, -0.1) is 11.3 Å². The molecule has 4 aromatic rings. The van der Waals surface area contributed by atoms with E-state index < -0.39 is 46.7 Å². The Kier molecular flexibility index (Phi) is 6.86. The van der Waals surface area contributed by atoms with E-state index in [0.29, 0.717) is 0 Å². The zero-order valence-electron chi connectivity index (χ0n) is 19.5. The van der Waals surface area contributed by atoms with Gasteiger partial charge in [0.15, 0.2) is 17.1 Å². The van der Waals surface area contributed by atoms with Crippen molar-refractivity contribution in [2.24, 2.45) is 4.99 Å². The van der Waals surface area contributed by atoms with Gasteiger partial charge in [0.25, 0.3) is 5.91 Å². The van der Waals surface area contributed by atoms with Crippen molar-refractivity contribution in [2.75, 3.05) is 19.4 Å². The van der Waals surface area contributed by atoms with Gasteiger partial charge < -0.3 is 25.5 Å². The van der Waals surface area contributed by atoms with Crippen LogP contribution in [0.1, 0.15) is 15.2 Å². The van der Waals surface area contributed by atoms with Crippen molar-refractivity contribution in [1.82, 2.24) is 9.47 Å². The molecule has 2 heterocycles. The molecule has 0 atom stereocenters. The molecule has 0 unspecified atom stereocenters. The molecule has 0 saturated heterocycles. The lowest BCUT2D eigenvalue weighted by Crippen LogP contribution is -2.22. The maximum absolute atomic E-state index is 14.0. The summed E-state index contributed by atoms with van der Waals surface area (Å²) in [4.78, 5) is 17.2. The van der Waals surface area contributed by atoms with Crippen LogP contribution in [0.5, 0.6) is 17.5 Å². The number of nitrogens with zero attached hydrogens (tertiary/aromatic N) is 3. The van der Waals surface area contributed by atoms with E-state index in [1.807, 2.05) is 0 Å². The average molecular weight is 531 g/mol. The Morgan fingerprint density at radius 1 is 0.973 bits per heavy atom. The summed E-state index contributed by atoms with van der Waals surface area (Å²) in [5.41, 5.74) is -2.26. The lowest BCUT2D eigenvalue weighted by Gasteiger charge is -2.15. The number of benzene rings is 2. The van der Waals surface area contributed by atoms with E-state index >= 15 is 0 Å². The van der Waals surface area contributed by atoms with Gasteiger partial charge in [0, 0.05) is 14.1 Å². The predicted octanol–water partition coefficient (Wildman–Crippen LogP) is 5.78. The summed E-state index contributed by atoms with van der Waals surface area (Å²) >= 11 is 0.806. The zero-order chi connectivity index (χ0) is 26.9. The number of carbonyl (C=O) groups is 1. The summed E-state index contributed by atoms with van der Waals surface area (Å²) in [7, 11) is 2.98. The second-order valence-electron chi connectivity index (χ2n) is 8.00. The molecule has 192 valence electrons. The third-order valence-electron chi connectivity index (χ3n) is 5.29. The number of halogens is 3. The number of hydrogen-bond donors (Lipinski definition) is 4.